The highest BCUT2D eigenvalue weighted by Crippen LogP contribution is 2.21. The molecule has 0 bridgehead atoms. The van der Waals surface area contributed by atoms with E-state index >= 15 is 0 Å². The standard InChI is InChI=1S/C17H18O3/c1-12-7-8-14(11-17(12)20-3)16(18)10-13-5-4-6-15(9-13)19-2/h4-9,11H,10H2,1-3H3. The number of ether oxygens (including phenoxy) is 2. The van der Waals surface area contributed by atoms with E-state index in [1.165, 1.54) is 0 Å². The number of aryl methyl sites for hydroxylation is 1. The van der Waals surface area contributed by atoms with Crippen molar-refractivity contribution in [3.05, 3.63) is 59.2 Å². The molecule has 0 aromatic heterocycles. The zero-order valence-corrected chi connectivity index (χ0v) is 12.0. The Morgan fingerprint density at radius 3 is 2.55 bits per heavy atom. The van der Waals surface area contributed by atoms with Gasteiger partial charge in [-0.3, -0.25) is 4.79 Å². The van der Waals surface area contributed by atoms with E-state index in [-0.39, 0.29) is 5.78 Å². The molecule has 0 aliphatic rings. The number of rotatable bonds is 5. The fourth-order valence-corrected chi connectivity index (χ4v) is 2.06. The minimum atomic E-state index is 0.0663. The number of Topliss-reactive ketones (excluding diaryl/α,β-unsaturated/α-hetero) is 1. The largest absolute Gasteiger partial charge is 0.497 e. The second-order valence-electron chi connectivity index (χ2n) is 4.64. The lowest BCUT2D eigenvalue weighted by molar-refractivity contribution is 0.0992. The van der Waals surface area contributed by atoms with Gasteiger partial charge in [-0.1, -0.05) is 24.3 Å². The topological polar surface area (TPSA) is 35.5 Å². The number of carbonyl (C=O) groups excluding carboxylic acids is 1. The van der Waals surface area contributed by atoms with Crippen LogP contribution in [0.4, 0.5) is 0 Å². The Labute approximate surface area is 119 Å². The lowest BCUT2D eigenvalue weighted by Crippen LogP contribution is -2.04. The second-order valence-corrected chi connectivity index (χ2v) is 4.64. The molecule has 0 saturated heterocycles. The quantitative estimate of drug-likeness (QED) is 0.781. The Balaban J connectivity index is 2.19. The average Bonchev–Trinajstić information content (AvgIpc) is 2.47. The molecule has 0 aliphatic heterocycles. The Bertz CT molecular complexity index is 617. The first-order valence-electron chi connectivity index (χ1n) is 6.45. The van der Waals surface area contributed by atoms with Crippen molar-refractivity contribution in [2.45, 2.75) is 13.3 Å². The summed E-state index contributed by atoms with van der Waals surface area (Å²) in [5, 5.41) is 0. The predicted octanol–water partition coefficient (Wildman–Crippen LogP) is 3.44. The lowest BCUT2D eigenvalue weighted by atomic mass is 10.0. The van der Waals surface area contributed by atoms with Crippen molar-refractivity contribution in [2.75, 3.05) is 14.2 Å². The minimum absolute atomic E-state index is 0.0663. The number of hydrogen-bond acceptors (Lipinski definition) is 3. The summed E-state index contributed by atoms with van der Waals surface area (Å²) < 4.78 is 10.4. The van der Waals surface area contributed by atoms with Gasteiger partial charge in [0.05, 0.1) is 14.2 Å². The summed E-state index contributed by atoms with van der Waals surface area (Å²) in [4.78, 5) is 12.3. The molecule has 0 fully saturated rings. The number of methoxy groups -OCH3 is 2. The van der Waals surface area contributed by atoms with E-state index in [2.05, 4.69) is 0 Å². The van der Waals surface area contributed by atoms with Crippen LogP contribution in [0.1, 0.15) is 21.5 Å². The summed E-state index contributed by atoms with van der Waals surface area (Å²) >= 11 is 0. The Morgan fingerprint density at radius 2 is 1.85 bits per heavy atom. The summed E-state index contributed by atoms with van der Waals surface area (Å²) in [5.41, 5.74) is 2.62. The van der Waals surface area contributed by atoms with Crippen LogP contribution in [-0.2, 0) is 6.42 Å². The van der Waals surface area contributed by atoms with E-state index in [9.17, 15) is 4.79 Å². The van der Waals surface area contributed by atoms with Gasteiger partial charge in [0.15, 0.2) is 5.78 Å². The van der Waals surface area contributed by atoms with Crippen molar-refractivity contribution in [1.82, 2.24) is 0 Å². The molecule has 0 amide bonds. The molecule has 0 unspecified atom stereocenters. The lowest BCUT2D eigenvalue weighted by Gasteiger charge is -2.08. The van der Waals surface area contributed by atoms with Crippen LogP contribution in [0.2, 0.25) is 0 Å². The summed E-state index contributed by atoms with van der Waals surface area (Å²) in [6.07, 6.45) is 0.351. The molecule has 0 N–H and O–H groups in total. The molecule has 0 atom stereocenters. The molecule has 0 spiro atoms. The molecule has 0 heterocycles. The van der Waals surface area contributed by atoms with Crippen LogP contribution in [0.3, 0.4) is 0 Å². The summed E-state index contributed by atoms with van der Waals surface area (Å²) in [5.74, 6) is 1.56. The maximum Gasteiger partial charge on any atom is 0.167 e. The zero-order valence-electron chi connectivity index (χ0n) is 12.0. The average molecular weight is 270 g/mol. The minimum Gasteiger partial charge on any atom is -0.497 e. The molecule has 3 nitrogen and oxygen atoms in total. The normalized spacial score (nSPS) is 10.2. The monoisotopic (exact) mass is 270 g/mol. The second kappa shape index (κ2) is 6.24. The maximum absolute atomic E-state index is 12.3. The third-order valence-electron chi connectivity index (χ3n) is 3.23. The van der Waals surface area contributed by atoms with Gasteiger partial charge in [0, 0.05) is 12.0 Å². The Kier molecular flexibility index (Phi) is 4.41. The van der Waals surface area contributed by atoms with Gasteiger partial charge in [-0.2, -0.15) is 0 Å². The summed E-state index contributed by atoms with van der Waals surface area (Å²) in [7, 11) is 3.23. The number of ketones is 1. The van der Waals surface area contributed by atoms with Gasteiger partial charge >= 0.3 is 0 Å². The van der Waals surface area contributed by atoms with E-state index in [0.717, 1.165) is 22.6 Å². The van der Waals surface area contributed by atoms with Gasteiger partial charge < -0.3 is 9.47 Å². The van der Waals surface area contributed by atoms with E-state index in [1.54, 1.807) is 20.3 Å². The van der Waals surface area contributed by atoms with Crippen LogP contribution in [0.25, 0.3) is 0 Å². The van der Waals surface area contributed by atoms with Crippen molar-refractivity contribution < 1.29 is 14.3 Å². The molecule has 0 saturated carbocycles. The highest BCUT2D eigenvalue weighted by atomic mass is 16.5. The van der Waals surface area contributed by atoms with Crippen molar-refractivity contribution in [2.24, 2.45) is 0 Å². The first-order chi connectivity index (χ1) is 9.63. The molecule has 20 heavy (non-hydrogen) atoms. The molecule has 0 radical (unpaired) electrons. The molecule has 104 valence electrons. The number of benzene rings is 2. The molecule has 3 heteroatoms. The summed E-state index contributed by atoms with van der Waals surface area (Å²) in [6, 6.07) is 13.1. The van der Waals surface area contributed by atoms with Gasteiger partial charge in [0.1, 0.15) is 11.5 Å². The number of hydrogen-bond donors (Lipinski definition) is 0. The first-order valence-corrected chi connectivity index (χ1v) is 6.45. The molecular formula is C17H18O3. The van der Waals surface area contributed by atoms with Crippen LogP contribution >= 0.6 is 0 Å². The van der Waals surface area contributed by atoms with E-state index in [4.69, 9.17) is 9.47 Å². The third-order valence-corrected chi connectivity index (χ3v) is 3.23. The van der Waals surface area contributed by atoms with E-state index < -0.39 is 0 Å². The molecule has 2 aromatic rings. The zero-order chi connectivity index (χ0) is 14.5. The maximum atomic E-state index is 12.3. The summed E-state index contributed by atoms with van der Waals surface area (Å²) in [6.45, 7) is 1.95. The predicted molar refractivity (Wildman–Crippen MR) is 78.8 cm³/mol. The van der Waals surface area contributed by atoms with Gasteiger partial charge in [0.2, 0.25) is 0 Å². The first kappa shape index (κ1) is 14.1. The molecule has 2 rings (SSSR count). The Morgan fingerprint density at radius 1 is 1.05 bits per heavy atom. The van der Waals surface area contributed by atoms with E-state index in [0.29, 0.717) is 12.0 Å². The van der Waals surface area contributed by atoms with Gasteiger partial charge in [-0.25, -0.2) is 0 Å². The molecule has 0 aliphatic carbocycles. The van der Waals surface area contributed by atoms with Crippen LogP contribution in [0.15, 0.2) is 42.5 Å². The van der Waals surface area contributed by atoms with Crippen LogP contribution in [0, 0.1) is 6.92 Å². The van der Waals surface area contributed by atoms with Crippen molar-refractivity contribution in [3.63, 3.8) is 0 Å². The van der Waals surface area contributed by atoms with Crippen LogP contribution < -0.4 is 9.47 Å². The SMILES string of the molecule is COc1cccc(CC(=O)c2ccc(C)c(OC)c2)c1. The van der Waals surface area contributed by atoms with Gasteiger partial charge in [-0.05, 0) is 36.2 Å². The fourth-order valence-electron chi connectivity index (χ4n) is 2.06. The van der Waals surface area contributed by atoms with Gasteiger partial charge in [-0.15, -0.1) is 0 Å². The van der Waals surface area contributed by atoms with Crippen molar-refractivity contribution in [1.29, 1.82) is 0 Å². The van der Waals surface area contributed by atoms with E-state index in [1.807, 2.05) is 43.3 Å². The highest BCUT2D eigenvalue weighted by Gasteiger charge is 2.10. The van der Waals surface area contributed by atoms with Crippen molar-refractivity contribution in [3.8, 4) is 11.5 Å². The van der Waals surface area contributed by atoms with Crippen molar-refractivity contribution >= 4 is 5.78 Å². The molecule has 2 aromatic carbocycles. The van der Waals surface area contributed by atoms with Crippen LogP contribution in [0.5, 0.6) is 11.5 Å². The smallest absolute Gasteiger partial charge is 0.167 e. The van der Waals surface area contributed by atoms with Crippen LogP contribution in [-0.4, -0.2) is 20.0 Å². The number of carbonyl (C=O) groups is 1. The fraction of sp³-hybridized carbons (Fsp3) is 0.235. The Hall–Kier alpha value is -2.29. The van der Waals surface area contributed by atoms with Gasteiger partial charge in [0.25, 0.3) is 0 Å². The third kappa shape index (κ3) is 3.18. The molecular weight excluding hydrogens is 252 g/mol. The highest BCUT2D eigenvalue weighted by molar-refractivity contribution is 5.98.